The fraction of sp³-hybridized carbons (Fsp3) is 0.167. The van der Waals surface area contributed by atoms with Gasteiger partial charge in [-0.3, -0.25) is 0 Å². The summed E-state index contributed by atoms with van der Waals surface area (Å²) in [7, 11) is 0. The van der Waals surface area contributed by atoms with Gasteiger partial charge in [0.2, 0.25) is 5.89 Å². The second kappa shape index (κ2) is 4.09. The molecule has 1 aromatic carbocycles. The van der Waals surface area contributed by atoms with Gasteiger partial charge in [-0.1, -0.05) is 18.2 Å². The van der Waals surface area contributed by atoms with Gasteiger partial charge in [0.1, 0.15) is 12.0 Å². The van der Waals surface area contributed by atoms with Crippen LogP contribution in [0.3, 0.4) is 0 Å². The molecule has 1 heterocycles. The lowest BCUT2D eigenvalue weighted by Gasteiger charge is -1.99. The summed E-state index contributed by atoms with van der Waals surface area (Å²) in [6, 6.07) is 7.85. The third-order valence-corrected chi connectivity index (χ3v) is 2.21. The molecule has 0 radical (unpaired) electrons. The molecule has 76 valence electrons. The summed E-state index contributed by atoms with van der Waals surface area (Å²) in [5.41, 5.74) is 2.08. The van der Waals surface area contributed by atoms with Gasteiger partial charge in [0.05, 0.1) is 12.6 Å². The summed E-state index contributed by atoms with van der Waals surface area (Å²) in [6.07, 6.45) is 2.68. The Balaban J connectivity index is 2.37. The van der Waals surface area contributed by atoms with Gasteiger partial charge in [-0.25, -0.2) is 4.98 Å². The number of aromatic nitrogens is 1. The van der Waals surface area contributed by atoms with Crippen molar-refractivity contribution in [3.05, 3.63) is 41.8 Å². The van der Waals surface area contributed by atoms with Crippen LogP contribution in [-0.4, -0.2) is 11.3 Å². The van der Waals surface area contributed by atoms with Crippen LogP contribution >= 0.6 is 0 Å². The van der Waals surface area contributed by atoms with Crippen LogP contribution in [-0.2, 0) is 11.2 Å². The monoisotopic (exact) mass is 201 g/mol. The molecule has 0 spiro atoms. The first kappa shape index (κ1) is 9.65. The molecule has 15 heavy (non-hydrogen) atoms. The number of nitrogens with zero attached hydrogens (tertiary/aromatic N) is 1. The van der Waals surface area contributed by atoms with Crippen LogP contribution in [0.2, 0.25) is 0 Å². The van der Waals surface area contributed by atoms with Gasteiger partial charge in [0.25, 0.3) is 0 Å². The average molecular weight is 201 g/mol. The van der Waals surface area contributed by atoms with E-state index in [2.05, 4.69) is 4.98 Å². The normalized spacial score (nSPS) is 10.2. The molecule has 0 saturated carbocycles. The Bertz CT molecular complexity index is 474. The maximum absolute atomic E-state index is 10.3. The van der Waals surface area contributed by atoms with E-state index in [4.69, 9.17) is 4.42 Å². The highest BCUT2D eigenvalue weighted by Crippen LogP contribution is 2.22. The first-order chi connectivity index (χ1) is 7.31. The Hall–Kier alpha value is -1.90. The van der Waals surface area contributed by atoms with Gasteiger partial charge >= 0.3 is 0 Å². The zero-order valence-corrected chi connectivity index (χ0v) is 8.43. The molecule has 0 atom stereocenters. The Morgan fingerprint density at radius 2 is 2.20 bits per heavy atom. The lowest BCUT2D eigenvalue weighted by molar-refractivity contribution is -0.107. The number of carbonyl (C=O) groups excluding carboxylic acids is 1. The second-order valence-electron chi connectivity index (χ2n) is 3.32. The highest BCUT2D eigenvalue weighted by Gasteiger charge is 2.07. The lowest BCUT2D eigenvalue weighted by atomic mass is 10.1. The van der Waals surface area contributed by atoms with E-state index in [1.165, 1.54) is 0 Å². The van der Waals surface area contributed by atoms with Gasteiger partial charge in [-0.2, -0.15) is 0 Å². The highest BCUT2D eigenvalue weighted by molar-refractivity contribution is 5.59. The number of aldehydes is 1. The molecule has 0 bridgehead atoms. The maximum atomic E-state index is 10.3. The molecule has 0 aliphatic rings. The lowest BCUT2D eigenvalue weighted by Crippen LogP contribution is -1.82. The fourth-order valence-electron chi connectivity index (χ4n) is 1.42. The van der Waals surface area contributed by atoms with E-state index in [1.807, 2.05) is 31.2 Å². The van der Waals surface area contributed by atoms with Crippen molar-refractivity contribution in [3.63, 3.8) is 0 Å². The molecule has 0 N–H and O–H groups in total. The van der Waals surface area contributed by atoms with Gasteiger partial charge in [-0.05, 0) is 18.6 Å². The number of hydrogen-bond acceptors (Lipinski definition) is 3. The molecule has 1 aromatic heterocycles. The number of oxazole rings is 1. The van der Waals surface area contributed by atoms with E-state index in [9.17, 15) is 4.79 Å². The molecule has 3 heteroatoms. The largest absolute Gasteiger partial charge is 0.441 e. The Morgan fingerprint density at radius 3 is 2.93 bits per heavy atom. The van der Waals surface area contributed by atoms with Crippen LogP contribution in [0.25, 0.3) is 11.5 Å². The zero-order chi connectivity index (χ0) is 10.7. The van der Waals surface area contributed by atoms with Crippen molar-refractivity contribution >= 4 is 6.29 Å². The number of hydrogen-bond donors (Lipinski definition) is 0. The maximum Gasteiger partial charge on any atom is 0.226 e. The quantitative estimate of drug-likeness (QED) is 0.716. The van der Waals surface area contributed by atoms with E-state index in [1.54, 1.807) is 6.20 Å². The predicted molar refractivity (Wildman–Crippen MR) is 56.4 cm³/mol. The van der Waals surface area contributed by atoms with Crippen LogP contribution < -0.4 is 0 Å². The van der Waals surface area contributed by atoms with Crippen molar-refractivity contribution in [1.29, 1.82) is 0 Å². The van der Waals surface area contributed by atoms with Gasteiger partial charge < -0.3 is 9.21 Å². The van der Waals surface area contributed by atoms with Gasteiger partial charge in [0, 0.05) is 5.56 Å². The molecule has 3 nitrogen and oxygen atoms in total. The van der Waals surface area contributed by atoms with Crippen LogP contribution in [0.1, 0.15) is 11.3 Å². The molecule has 2 rings (SSSR count). The molecule has 0 amide bonds. The fourth-order valence-corrected chi connectivity index (χ4v) is 1.42. The average Bonchev–Trinajstić information content (AvgIpc) is 2.68. The standard InChI is InChI=1S/C12H11NO2/c1-9-4-2-3-5-11(9)12-13-8-10(15-12)6-7-14/h2-5,7-8H,6H2,1H3. The third-order valence-electron chi connectivity index (χ3n) is 2.21. The Kier molecular flexibility index (Phi) is 2.63. The Labute approximate surface area is 87.8 Å². The van der Waals surface area contributed by atoms with E-state index in [0.29, 0.717) is 11.7 Å². The molecule has 2 aromatic rings. The molecule has 0 aliphatic heterocycles. The minimum Gasteiger partial charge on any atom is -0.441 e. The zero-order valence-electron chi connectivity index (χ0n) is 8.43. The van der Waals surface area contributed by atoms with E-state index in [0.717, 1.165) is 17.4 Å². The van der Waals surface area contributed by atoms with Crippen LogP contribution in [0.15, 0.2) is 34.9 Å². The first-order valence-corrected chi connectivity index (χ1v) is 4.75. The first-order valence-electron chi connectivity index (χ1n) is 4.75. The van der Waals surface area contributed by atoms with Crippen molar-refractivity contribution in [2.45, 2.75) is 13.3 Å². The number of rotatable bonds is 3. The Morgan fingerprint density at radius 1 is 1.40 bits per heavy atom. The molecular formula is C12H11NO2. The molecular weight excluding hydrogens is 190 g/mol. The summed E-state index contributed by atoms with van der Waals surface area (Å²) >= 11 is 0. The van der Waals surface area contributed by atoms with Crippen molar-refractivity contribution in [2.75, 3.05) is 0 Å². The smallest absolute Gasteiger partial charge is 0.226 e. The summed E-state index contributed by atoms with van der Waals surface area (Å²) in [5.74, 6) is 1.17. The van der Waals surface area contributed by atoms with E-state index >= 15 is 0 Å². The molecule has 0 saturated heterocycles. The number of carbonyl (C=O) groups is 1. The summed E-state index contributed by atoms with van der Waals surface area (Å²) < 4.78 is 5.45. The summed E-state index contributed by atoms with van der Waals surface area (Å²) in [4.78, 5) is 14.4. The van der Waals surface area contributed by atoms with Crippen molar-refractivity contribution in [1.82, 2.24) is 4.98 Å². The van der Waals surface area contributed by atoms with Gasteiger partial charge in [0.15, 0.2) is 0 Å². The minimum atomic E-state index is 0.277. The third kappa shape index (κ3) is 1.96. The van der Waals surface area contributed by atoms with E-state index < -0.39 is 0 Å². The SMILES string of the molecule is Cc1ccccc1-c1ncc(CC=O)o1. The summed E-state index contributed by atoms with van der Waals surface area (Å²) in [5, 5.41) is 0. The topological polar surface area (TPSA) is 43.1 Å². The number of aryl methyl sites for hydroxylation is 1. The second-order valence-corrected chi connectivity index (χ2v) is 3.32. The number of benzene rings is 1. The van der Waals surface area contributed by atoms with Crippen molar-refractivity contribution in [2.24, 2.45) is 0 Å². The molecule has 0 unspecified atom stereocenters. The summed E-state index contributed by atoms with van der Waals surface area (Å²) in [6.45, 7) is 2.00. The predicted octanol–water partition coefficient (Wildman–Crippen LogP) is 2.39. The van der Waals surface area contributed by atoms with Crippen molar-refractivity contribution < 1.29 is 9.21 Å². The molecule has 0 aliphatic carbocycles. The van der Waals surface area contributed by atoms with Gasteiger partial charge in [-0.15, -0.1) is 0 Å². The van der Waals surface area contributed by atoms with Crippen LogP contribution in [0, 0.1) is 6.92 Å². The highest BCUT2D eigenvalue weighted by atomic mass is 16.4. The van der Waals surface area contributed by atoms with Crippen LogP contribution in [0.5, 0.6) is 0 Å². The minimum absolute atomic E-state index is 0.277. The van der Waals surface area contributed by atoms with E-state index in [-0.39, 0.29) is 6.42 Å². The van der Waals surface area contributed by atoms with Crippen molar-refractivity contribution in [3.8, 4) is 11.5 Å². The molecule has 0 fully saturated rings. The van der Waals surface area contributed by atoms with Crippen LogP contribution in [0.4, 0.5) is 0 Å².